The lowest BCUT2D eigenvalue weighted by Gasteiger charge is -2.35. The monoisotopic (exact) mass is 372 g/mol. The number of carbonyl (C=O) groups excluding carboxylic acids is 1. The fourth-order valence-corrected chi connectivity index (χ4v) is 3.51. The van der Waals surface area contributed by atoms with Crippen LogP contribution in [-0.4, -0.2) is 33.4 Å². The zero-order valence-electron chi connectivity index (χ0n) is 15.3. The van der Waals surface area contributed by atoms with Gasteiger partial charge in [0.2, 0.25) is 5.95 Å². The Balaban J connectivity index is 1.74. The molecule has 1 atom stereocenters. The second-order valence-corrected chi connectivity index (χ2v) is 7.19. The van der Waals surface area contributed by atoms with Crippen molar-refractivity contribution in [2.75, 3.05) is 11.9 Å². The fraction of sp³-hybridized carbons (Fsp3) is 0.450. The highest BCUT2D eigenvalue weighted by Crippen LogP contribution is 2.22. The van der Waals surface area contributed by atoms with E-state index >= 15 is 0 Å². The smallest absolute Gasteiger partial charge is 0.272 e. The molecule has 1 aromatic heterocycles. The summed E-state index contributed by atoms with van der Waals surface area (Å²) in [7, 11) is 0. The number of amides is 1. The quantitative estimate of drug-likeness (QED) is 0.842. The van der Waals surface area contributed by atoms with Gasteiger partial charge in [-0.15, -0.1) is 0 Å². The van der Waals surface area contributed by atoms with Crippen molar-refractivity contribution in [3.63, 3.8) is 0 Å². The average Bonchev–Trinajstić information content (AvgIpc) is 2.66. The van der Waals surface area contributed by atoms with Crippen molar-refractivity contribution in [3.8, 4) is 0 Å². The second-order valence-electron chi connectivity index (χ2n) is 6.75. The van der Waals surface area contributed by atoms with Crippen LogP contribution in [0.5, 0.6) is 0 Å². The standard InChI is InChI=1S/C20H25ClN4O/c1-3-17-6-4-5-11-25(17)19(26)18-12-14(2)23-20(24-18)22-13-15-7-9-16(21)10-8-15/h7-10,12,17H,3-6,11,13H2,1-2H3,(H,22,23,24). The third-order valence-electron chi connectivity index (χ3n) is 4.80. The number of aryl methyl sites for hydroxylation is 1. The van der Waals surface area contributed by atoms with Crippen LogP contribution in [0.1, 0.15) is 54.4 Å². The Labute approximate surface area is 159 Å². The summed E-state index contributed by atoms with van der Waals surface area (Å²) in [5.41, 5.74) is 2.33. The van der Waals surface area contributed by atoms with E-state index < -0.39 is 0 Å². The molecule has 1 unspecified atom stereocenters. The van der Waals surface area contributed by atoms with Gasteiger partial charge in [0.05, 0.1) is 0 Å². The molecule has 1 saturated heterocycles. The third-order valence-corrected chi connectivity index (χ3v) is 5.05. The molecule has 1 N–H and O–H groups in total. The van der Waals surface area contributed by atoms with E-state index in [1.807, 2.05) is 36.1 Å². The van der Waals surface area contributed by atoms with E-state index in [4.69, 9.17) is 11.6 Å². The molecule has 0 saturated carbocycles. The van der Waals surface area contributed by atoms with Crippen LogP contribution in [0.2, 0.25) is 5.02 Å². The first kappa shape index (κ1) is 18.6. The number of hydrogen-bond acceptors (Lipinski definition) is 4. The minimum Gasteiger partial charge on any atom is -0.350 e. The molecule has 26 heavy (non-hydrogen) atoms. The summed E-state index contributed by atoms with van der Waals surface area (Å²) in [6.45, 7) is 5.42. The molecule has 1 aliphatic rings. The highest BCUT2D eigenvalue weighted by molar-refractivity contribution is 6.30. The van der Waals surface area contributed by atoms with Gasteiger partial charge in [-0.2, -0.15) is 0 Å². The molecule has 1 aromatic carbocycles. The van der Waals surface area contributed by atoms with Crippen molar-refractivity contribution in [1.82, 2.24) is 14.9 Å². The molecule has 3 rings (SSSR count). The maximum Gasteiger partial charge on any atom is 0.272 e. The second kappa shape index (κ2) is 8.49. The van der Waals surface area contributed by atoms with Gasteiger partial charge < -0.3 is 10.2 Å². The summed E-state index contributed by atoms with van der Waals surface area (Å²) in [5.74, 6) is 0.491. The Bertz CT molecular complexity index is 763. The highest BCUT2D eigenvalue weighted by Gasteiger charge is 2.27. The lowest BCUT2D eigenvalue weighted by molar-refractivity contribution is 0.0602. The van der Waals surface area contributed by atoms with Crippen LogP contribution in [0.15, 0.2) is 30.3 Å². The fourth-order valence-electron chi connectivity index (χ4n) is 3.38. The van der Waals surface area contributed by atoms with Gasteiger partial charge in [-0.1, -0.05) is 30.7 Å². The van der Waals surface area contributed by atoms with Crippen molar-refractivity contribution < 1.29 is 4.79 Å². The van der Waals surface area contributed by atoms with Crippen molar-refractivity contribution in [3.05, 3.63) is 52.3 Å². The molecule has 5 nitrogen and oxygen atoms in total. The first-order valence-corrected chi connectivity index (χ1v) is 9.59. The summed E-state index contributed by atoms with van der Waals surface area (Å²) < 4.78 is 0. The van der Waals surface area contributed by atoms with Gasteiger partial charge in [0.25, 0.3) is 5.91 Å². The molecule has 0 radical (unpaired) electrons. The summed E-state index contributed by atoms with van der Waals surface area (Å²) in [5, 5.41) is 3.92. The Kier molecular flexibility index (Phi) is 6.09. The molecule has 1 amide bonds. The van der Waals surface area contributed by atoms with Crippen LogP contribution in [0, 0.1) is 6.92 Å². The van der Waals surface area contributed by atoms with E-state index in [1.165, 1.54) is 6.42 Å². The van der Waals surface area contributed by atoms with Gasteiger partial charge in [0.15, 0.2) is 0 Å². The molecule has 2 heterocycles. The summed E-state index contributed by atoms with van der Waals surface area (Å²) in [6.07, 6.45) is 4.32. The minimum atomic E-state index is 0.0107. The van der Waals surface area contributed by atoms with Crippen LogP contribution in [0.25, 0.3) is 0 Å². The molecule has 1 fully saturated rings. The van der Waals surface area contributed by atoms with Gasteiger partial charge in [-0.25, -0.2) is 9.97 Å². The number of hydrogen-bond donors (Lipinski definition) is 1. The van der Waals surface area contributed by atoms with E-state index in [-0.39, 0.29) is 5.91 Å². The Morgan fingerprint density at radius 2 is 2.04 bits per heavy atom. The zero-order chi connectivity index (χ0) is 18.5. The molecular formula is C20H25ClN4O. The predicted molar refractivity (Wildman–Crippen MR) is 105 cm³/mol. The SMILES string of the molecule is CCC1CCCCN1C(=O)c1cc(C)nc(NCc2ccc(Cl)cc2)n1. The molecule has 0 spiro atoms. The van der Waals surface area contributed by atoms with Crippen molar-refractivity contribution in [1.29, 1.82) is 0 Å². The van der Waals surface area contributed by atoms with Crippen molar-refractivity contribution in [2.45, 2.75) is 52.1 Å². The summed E-state index contributed by atoms with van der Waals surface area (Å²) in [4.78, 5) is 23.8. The number of anilines is 1. The van der Waals surface area contributed by atoms with Crippen LogP contribution in [0.3, 0.4) is 0 Å². The predicted octanol–water partition coefficient (Wildman–Crippen LogP) is 4.46. The van der Waals surface area contributed by atoms with E-state index in [9.17, 15) is 4.79 Å². The van der Waals surface area contributed by atoms with Gasteiger partial charge in [0.1, 0.15) is 5.69 Å². The first-order chi connectivity index (χ1) is 12.6. The molecule has 6 heteroatoms. The topological polar surface area (TPSA) is 58.1 Å². The van der Waals surface area contributed by atoms with E-state index in [1.54, 1.807) is 6.07 Å². The minimum absolute atomic E-state index is 0.0107. The van der Waals surface area contributed by atoms with Crippen LogP contribution in [-0.2, 0) is 6.54 Å². The van der Waals surface area contributed by atoms with Crippen LogP contribution in [0.4, 0.5) is 5.95 Å². The number of aromatic nitrogens is 2. The average molecular weight is 373 g/mol. The normalized spacial score (nSPS) is 17.2. The lowest BCUT2D eigenvalue weighted by Crippen LogP contribution is -2.43. The number of carbonyl (C=O) groups is 1. The molecule has 138 valence electrons. The van der Waals surface area contributed by atoms with Gasteiger partial charge in [-0.3, -0.25) is 4.79 Å². The number of nitrogens with zero attached hydrogens (tertiary/aromatic N) is 3. The summed E-state index contributed by atoms with van der Waals surface area (Å²) >= 11 is 5.92. The van der Waals surface area contributed by atoms with Crippen LogP contribution < -0.4 is 5.32 Å². The van der Waals surface area contributed by atoms with E-state index in [0.29, 0.717) is 29.3 Å². The maximum atomic E-state index is 13.0. The third kappa shape index (κ3) is 4.52. The molecule has 0 aliphatic carbocycles. The number of piperidine rings is 1. The Hall–Kier alpha value is -2.14. The lowest BCUT2D eigenvalue weighted by atomic mass is 9.99. The summed E-state index contributed by atoms with van der Waals surface area (Å²) in [6, 6.07) is 9.71. The number of likely N-dealkylation sites (tertiary alicyclic amines) is 1. The molecular weight excluding hydrogens is 348 g/mol. The zero-order valence-corrected chi connectivity index (χ0v) is 16.1. The van der Waals surface area contributed by atoms with Crippen LogP contribution >= 0.6 is 11.6 Å². The Morgan fingerprint density at radius 3 is 2.77 bits per heavy atom. The molecule has 0 bridgehead atoms. The number of benzene rings is 1. The number of halogens is 1. The Morgan fingerprint density at radius 1 is 1.27 bits per heavy atom. The van der Waals surface area contributed by atoms with E-state index in [2.05, 4.69) is 22.2 Å². The van der Waals surface area contributed by atoms with Gasteiger partial charge in [0, 0.05) is 29.8 Å². The first-order valence-electron chi connectivity index (χ1n) is 9.21. The number of rotatable bonds is 5. The van der Waals surface area contributed by atoms with Crippen molar-refractivity contribution >= 4 is 23.5 Å². The molecule has 2 aromatic rings. The van der Waals surface area contributed by atoms with Gasteiger partial charge >= 0.3 is 0 Å². The highest BCUT2D eigenvalue weighted by atomic mass is 35.5. The maximum absolute atomic E-state index is 13.0. The number of nitrogens with one attached hydrogen (secondary N) is 1. The molecule has 1 aliphatic heterocycles. The van der Waals surface area contributed by atoms with Gasteiger partial charge in [-0.05, 0) is 56.4 Å². The van der Waals surface area contributed by atoms with E-state index in [0.717, 1.165) is 37.1 Å². The van der Waals surface area contributed by atoms with Crippen molar-refractivity contribution in [2.24, 2.45) is 0 Å². The largest absolute Gasteiger partial charge is 0.350 e.